The van der Waals surface area contributed by atoms with Gasteiger partial charge in [0.2, 0.25) is 0 Å². The van der Waals surface area contributed by atoms with Crippen LogP contribution in [-0.4, -0.2) is 43.8 Å². The number of piperidine rings is 1. The van der Waals surface area contributed by atoms with Crippen LogP contribution in [0.4, 0.5) is 0 Å². The highest BCUT2D eigenvalue weighted by Crippen LogP contribution is 2.29. The van der Waals surface area contributed by atoms with E-state index in [0.717, 1.165) is 47.2 Å². The van der Waals surface area contributed by atoms with E-state index in [4.69, 9.17) is 4.42 Å². The molecule has 2 aromatic heterocycles. The minimum absolute atomic E-state index is 0.0222. The Morgan fingerprint density at radius 3 is 2.61 bits per heavy atom. The second kappa shape index (κ2) is 7.39. The molecule has 1 fully saturated rings. The van der Waals surface area contributed by atoms with Crippen molar-refractivity contribution in [3.8, 4) is 0 Å². The number of aliphatic hydroxyl groups excluding tert-OH is 1. The second-order valence-corrected chi connectivity index (χ2v) is 7.75. The number of rotatable bonds is 4. The Balaban J connectivity index is 1.43. The average Bonchev–Trinajstić information content (AvgIpc) is 3.21. The van der Waals surface area contributed by atoms with E-state index in [1.165, 1.54) is 0 Å². The molecule has 1 aromatic carbocycles. The Hall–Kier alpha value is -2.67. The summed E-state index contributed by atoms with van der Waals surface area (Å²) in [6.07, 6.45) is 2.66. The van der Waals surface area contributed by atoms with Gasteiger partial charge >= 0.3 is 0 Å². The Morgan fingerprint density at radius 2 is 1.93 bits per heavy atom. The van der Waals surface area contributed by atoms with Crippen LogP contribution in [0.3, 0.4) is 0 Å². The molecular formula is C21H26N4O3. The molecule has 7 nitrogen and oxygen atoms in total. The molecule has 1 saturated heterocycles. The van der Waals surface area contributed by atoms with Crippen LogP contribution in [-0.2, 0) is 20.1 Å². The molecule has 4 rings (SSSR count). The number of amides is 1. The van der Waals surface area contributed by atoms with Gasteiger partial charge in [-0.3, -0.25) is 4.79 Å². The predicted molar refractivity (Wildman–Crippen MR) is 105 cm³/mol. The molecule has 0 bridgehead atoms. The standard InChI is InChI=1S/C21H26N4O3/c1-13-4-5-16-14(2)20(28-17(16)10-13)21(27)25-8-6-15(7-9-25)11-18-22-23-19(12-26)24(18)3/h4-5,10,15,26H,6-9,11-12H2,1-3H3. The van der Waals surface area contributed by atoms with Gasteiger partial charge in [-0.25, -0.2) is 0 Å². The molecule has 0 spiro atoms. The molecule has 1 N–H and O–H groups in total. The first-order valence-corrected chi connectivity index (χ1v) is 9.75. The zero-order chi connectivity index (χ0) is 19.8. The molecule has 1 amide bonds. The van der Waals surface area contributed by atoms with Gasteiger partial charge in [0.25, 0.3) is 5.91 Å². The van der Waals surface area contributed by atoms with Crippen LogP contribution in [0.1, 0.15) is 46.2 Å². The van der Waals surface area contributed by atoms with Crippen LogP contribution in [0.5, 0.6) is 0 Å². The summed E-state index contributed by atoms with van der Waals surface area (Å²) in [6.45, 7) is 5.29. The number of likely N-dealkylation sites (tertiary alicyclic amines) is 1. The minimum atomic E-state index is -0.104. The van der Waals surface area contributed by atoms with Crippen molar-refractivity contribution in [1.29, 1.82) is 0 Å². The van der Waals surface area contributed by atoms with Gasteiger partial charge in [-0.15, -0.1) is 10.2 Å². The molecule has 3 heterocycles. The molecule has 0 saturated carbocycles. The van der Waals surface area contributed by atoms with E-state index in [2.05, 4.69) is 10.2 Å². The minimum Gasteiger partial charge on any atom is -0.451 e. The maximum absolute atomic E-state index is 13.0. The SMILES string of the molecule is Cc1ccc2c(C)c(C(=O)N3CCC(Cc4nnc(CO)n4C)CC3)oc2c1. The topological polar surface area (TPSA) is 84.4 Å². The molecule has 148 valence electrons. The summed E-state index contributed by atoms with van der Waals surface area (Å²) in [5.74, 6) is 2.36. The Labute approximate surface area is 164 Å². The Bertz CT molecular complexity index is 1010. The highest BCUT2D eigenvalue weighted by atomic mass is 16.3. The van der Waals surface area contributed by atoms with Gasteiger partial charge in [-0.1, -0.05) is 12.1 Å². The monoisotopic (exact) mass is 382 g/mol. The molecular weight excluding hydrogens is 356 g/mol. The van der Waals surface area contributed by atoms with Crippen LogP contribution in [0, 0.1) is 19.8 Å². The molecule has 28 heavy (non-hydrogen) atoms. The molecule has 0 radical (unpaired) electrons. The van der Waals surface area contributed by atoms with Gasteiger partial charge in [0.1, 0.15) is 18.0 Å². The van der Waals surface area contributed by atoms with Gasteiger partial charge in [0, 0.05) is 37.5 Å². The smallest absolute Gasteiger partial charge is 0.289 e. The third-order valence-electron chi connectivity index (χ3n) is 5.86. The fraction of sp³-hybridized carbons (Fsp3) is 0.476. The lowest BCUT2D eigenvalue weighted by Gasteiger charge is -2.31. The van der Waals surface area contributed by atoms with Crippen molar-refractivity contribution >= 4 is 16.9 Å². The number of benzene rings is 1. The van der Waals surface area contributed by atoms with Gasteiger partial charge in [-0.05, 0) is 44.2 Å². The van der Waals surface area contributed by atoms with E-state index >= 15 is 0 Å². The molecule has 7 heteroatoms. The van der Waals surface area contributed by atoms with Gasteiger partial charge in [0.05, 0.1) is 0 Å². The Morgan fingerprint density at radius 1 is 1.21 bits per heavy atom. The summed E-state index contributed by atoms with van der Waals surface area (Å²) in [4.78, 5) is 14.9. The third kappa shape index (κ3) is 3.30. The molecule has 3 aromatic rings. The van der Waals surface area contributed by atoms with Gasteiger partial charge in [0.15, 0.2) is 11.6 Å². The van der Waals surface area contributed by atoms with Crippen LogP contribution in [0.15, 0.2) is 22.6 Å². The number of nitrogens with zero attached hydrogens (tertiary/aromatic N) is 4. The summed E-state index contributed by atoms with van der Waals surface area (Å²) in [5.41, 5.74) is 2.81. The normalized spacial score (nSPS) is 15.5. The Kier molecular flexibility index (Phi) is 4.93. The van der Waals surface area contributed by atoms with Crippen molar-refractivity contribution in [3.05, 3.63) is 46.7 Å². The maximum Gasteiger partial charge on any atom is 0.289 e. The molecule has 0 unspecified atom stereocenters. The molecule has 0 atom stereocenters. The number of carbonyl (C=O) groups excluding carboxylic acids is 1. The summed E-state index contributed by atoms with van der Waals surface area (Å²) < 4.78 is 7.77. The average molecular weight is 382 g/mol. The van der Waals surface area contributed by atoms with Crippen LogP contribution in [0.25, 0.3) is 11.0 Å². The summed E-state index contributed by atoms with van der Waals surface area (Å²) in [7, 11) is 1.88. The van der Waals surface area contributed by atoms with E-state index in [0.29, 0.717) is 30.6 Å². The summed E-state index contributed by atoms with van der Waals surface area (Å²) in [5, 5.41) is 18.4. The van der Waals surface area contributed by atoms with Crippen molar-refractivity contribution in [3.63, 3.8) is 0 Å². The van der Waals surface area contributed by atoms with E-state index in [9.17, 15) is 9.90 Å². The number of aryl methyl sites for hydroxylation is 2. The first kappa shape index (κ1) is 18.7. The zero-order valence-electron chi connectivity index (χ0n) is 16.6. The molecule has 1 aliphatic heterocycles. The lowest BCUT2D eigenvalue weighted by molar-refractivity contribution is 0.0658. The maximum atomic E-state index is 13.0. The highest BCUT2D eigenvalue weighted by Gasteiger charge is 2.28. The predicted octanol–water partition coefficient (Wildman–Crippen LogP) is 2.77. The third-order valence-corrected chi connectivity index (χ3v) is 5.86. The van der Waals surface area contributed by atoms with Crippen molar-refractivity contribution in [2.45, 2.75) is 39.7 Å². The highest BCUT2D eigenvalue weighted by molar-refractivity contribution is 5.99. The van der Waals surface area contributed by atoms with Crippen molar-refractivity contribution < 1.29 is 14.3 Å². The number of carbonyl (C=O) groups is 1. The quantitative estimate of drug-likeness (QED) is 0.750. The summed E-state index contributed by atoms with van der Waals surface area (Å²) >= 11 is 0. The van der Waals surface area contributed by atoms with E-state index in [1.54, 1.807) is 0 Å². The lowest BCUT2D eigenvalue weighted by Crippen LogP contribution is -2.39. The lowest BCUT2D eigenvalue weighted by atomic mass is 9.93. The van der Waals surface area contributed by atoms with Crippen molar-refractivity contribution in [1.82, 2.24) is 19.7 Å². The largest absolute Gasteiger partial charge is 0.451 e. The number of hydrogen-bond acceptors (Lipinski definition) is 5. The second-order valence-electron chi connectivity index (χ2n) is 7.75. The number of fused-ring (bicyclic) bond motifs is 1. The van der Waals surface area contributed by atoms with Gasteiger partial charge in [-0.2, -0.15) is 0 Å². The van der Waals surface area contributed by atoms with Crippen LogP contribution in [0.2, 0.25) is 0 Å². The first-order chi connectivity index (χ1) is 13.5. The summed E-state index contributed by atoms with van der Waals surface area (Å²) in [6, 6.07) is 6.04. The van der Waals surface area contributed by atoms with E-state index in [1.807, 2.05) is 48.6 Å². The fourth-order valence-electron chi connectivity index (χ4n) is 3.99. The van der Waals surface area contributed by atoms with Crippen molar-refractivity contribution in [2.75, 3.05) is 13.1 Å². The van der Waals surface area contributed by atoms with E-state index < -0.39 is 0 Å². The van der Waals surface area contributed by atoms with E-state index in [-0.39, 0.29) is 12.5 Å². The molecule has 0 aliphatic carbocycles. The number of aromatic nitrogens is 3. The van der Waals surface area contributed by atoms with Crippen LogP contribution < -0.4 is 0 Å². The first-order valence-electron chi connectivity index (χ1n) is 9.75. The fourth-order valence-corrected chi connectivity index (χ4v) is 3.99. The van der Waals surface area contributed by atoms with Crippen LogP contribution >= 0.6 is 0 Å². The van der Waals surface area contributed by atoms with Crippen molar-refractivity contribution in [2.24, 2.45) is 13.0 Å². The zero-order valence-corrected chi connectivity index (χ0v) is 16.6. The number of hydrogen-bond donors (Lipinski definition) is 1. The number of furan rings is 1. The number of aliphatic hydroxyl groups is 1. The molecule has 1 aliphatic rings. The van der Waals surface area contributed by atoms with Gasteiger partial charge < -0.3 is 19.0 Å².